The number of rotatable bonds is 6. The number of anilines is 1. The van der Waals surface area contributed by atoms with Gasteiger partial charge in [-0.3, -0.25) is 14.2 Å². The van der Waals surface area contributed by atoms with Gasteiger partial charge < -0.3 is 5.32 Å². The van der Waals surface area contributed by atoms with Gasteiger partial charge in [0, 0.05) is 17.3 Å². The van der Waals surface area contributed by atoms with Crippen molar-refractivity contribution < 1.29 is 4.79 Å². The third-order valence-electron chi connectivity index (χ3n) is 4.77. The third-order valence-corrected chi connectivity index (χ3v) is 6.10. The van der Waals surface area contributed by atoms with Crippen LogP contribution < -0.4 is 10.9 Å². The fraction of sp³-hybridized carbons (Fsp3) is 0.261. The molecule has 156 valence electrons. The zero-order valence-corrected chi connectivity index (χ0v) is 19.0. The van der Waals surface area contributed by atoms with Gasteiger partial charge in [0.2, 0.25) is 5.91 Å². The molecule has 1 heterocycles. The first kappa shape index (κ1) is 22.1. The highest BCUT2D eigenvalue weighted by atomic mass is 35.5. The number of thioether (sulfide) groups is 1. The number of nitrogens with one attached hydrogen (secondary N) is 1. The van der Waals surface area contributed by atoms with Gasteiger partial charge in [0.15, 0.2) is 5.16 Å². The minimum absolute atomic E-state index is 0.152. The van der Waals surface area contributed by atoms with Gasteiger partial charge in [0.05, 0.1) is 16.2 Å². The molecule has 0 saturated heterocycles. The van der Waals surface area contributed by atoms with Gasteiger partial charge in [-0.05, 0) is 57.0 Å². The number of hydrogen-bond acceptors (Lipinski definition) is 4. The van der Waals surface area contributed by atoms with E-state index in [1.54, 1.807) is 31.2 Å². The Kier molecular flexibility index (Phi) is 6.68. The van der Waals surface area contributed by atoms with E-state index in [1.165, 1.54) is 16.3 Å². The summed E-state index contributed by atoms with van der Waals surface area (Å²) in [6.45, 7) is 11.8. The fourth-order valence-electron chi connectivity index (χ4n) is 3.37. The SMILES string of the molecule is C=CCn1c(SC(C)C(=O)Nc2c(C)cc(C)cc2C)nc2cc(Cl)ccc2c1=O. The number of allylic oxidation sites excluding steroid dienone is 1. The Morgan fingerprint density at radius 3 is 2.57 bits per heavy atom. The van der Waals surface area contributed by atoms with Crippen LogP contribution in [0.4, 0.5) is 5.69 Å². The summed E-state index contributed by atoms with van der Waals surface area (Å²) in [5.41, 5.74) is 4.32. The highest BCUT2D eigenvalue weighted by Crippen LogP contribution is 2.27. The molecule has 1 amide bonds. The van der Waals surface area contributed by atoms with Gasteiger partial charge in [0.25, 0.3) is 5.56 Å². The molecule has 3 rings (SSSR count). The van der Waals surface area contributed by atoms with Crippen molar-refractivity contribution in [2.24, 2.45) is 0 Å². The maximum atomic E-state index is 12.9. The van der Waals surface area contributed by atoms with Crippen LogP contribution in [0.25, 0.3) is 10.9 Å². The van der Waals surface area contributed by atoms with Gasteiger partial charge in [-0.2, -0.15) is 0 Å². The van der Waals surface area contributed by atoms with Crippen LogP contribution in [0.3, 0.4) is 0 Å². The number of halogens is 1. The molecule has 0 aliphatic heterocycles. The predicted octanol–water partition coefficient (Wildman–Crippen LogP) is 5.28. The van der Waals surface area contributed by atoms with Crippen LogP contribution >= 0.6 is 23.4 Å². The smallest absolute Gasteiger partial charge is 0.262 e. The number of carbonyl (C=O) groups excluding carboxylic acids is 1. The molecule has 1 unspecified atom stereocenters. The molecule has 1 aromatic heterocycles. The van der Waals surface area contributed by atoms with Gasteiger partial charge in [-0.1, -0.05) is 47.1 Å². The van der Waals surface area contributed by atoms with Crippen molar-refractivity contribution in [2.45, 2.75) is 44.6 Å². The number of aromatic nitrogens is 2. The number of fused-ring (bicyclic) bond motifs is 1. The molecular weight excluding hydrogens is 418 g/mol. The molecule has 5 nitrogen and oxygen atoms in total. The predicted molar refractivity (Wildman–Crippen MR) is 126 cm³/mol. The maximum Gasteiger partial charge on any atom is 0.262 e. The lowest BCUT2D eigenvalue weighted by Crippen LogP contribution is -2.27. The lowest BCUT2D eigenvalue weighted by molar-refractivity contribution is -0.115. The summed E-state index contributed by atoms with van der Waals surface area (Å²) in [6.07, 6.45) is 1.64. The third kappa shape index (κ3) is 4.60. The minimum atomic E-state index is -0.468. The van der Waals surface area contributed by atoms with E-state index in [1.807, 2.05) is 32.9 Å². The molecule has 3 aromatic rings. The van der Waals surface area contributed by atoms with Crippen LogP contribution in [0.2, 0.25) is 5.02 Å². The van der Waals surface area contributed by atoms with Crippen molar-refractivity contribution in [3.63, 3.8) is 0 Å². The molecule has 30 heavy (non-hydrogen) atoms. The zero-order valence-electron chi connectivity index (χ0n) is 17.5. The molecule has 0 saturated carbocycles. The Hall–Kier alpha value is -2.57. The molecule has 1 N–H and O–H groups in total. The quantitative estimate of drug-likeness (QED) is 0.321. The van der Waals surface area contributed by atoms with E-state index in [9.17, 15) is 9.59 Å². The van der Waals surface area contributed by atoms with Crippen LogP contribution in [0, 0.1) is 20.8 Å². The van der Waals surface area contributed by atoms with Gasteiger partial charge >= 0.3 is 0 Å². The number of benzene rings is 2. The number of carbonyl (C=O) groups is 1. The normalized spacial score (nSPS) is 12.0. The Balaban J connectivity index is 1.93. The number of hydrogen-bond donors (Lipinski definition) is 1. The number of aryl methyl sites for hydroxylation is 3. The summed E-state index contributed by atoms with van der Waals surface area (Å²) in [6, 6.07) is 9.07. The van der Waals surface area contributed by atoms with E-state index < -0.39 is 5.25 Å². The van der Waals surface area contributed by atoms with E-state index in [0.29, 0.717) is 27.6 Å². The summed E-state index contributed by atoms with van der Waals surface area (Å²) >= 11 is 7.31. The molecule has 2 aromatic carbocycles. The van der Waals surface area contributed by atoms with Crippen molar-refractivity contribution in [1.82, 2.24) is 9.55 Å². The Labute approximate surface area is 185 Å². The summed E-state index contributed by atoms with van der Waals surface area (Å²) < 4.78 is 1.53. The molecule has 0 aliphatic rings. The lowest BCUT2D eigenvalue weighted by atomic mass is 10.1. The van der Waals surface area contributed by atoms with E-state index >= 15 is 0 Å². The first-order chi connectivity index (χ1) is 14.2. The van der Waals surface area contributed by atoms with Crippen molar-refractivity contribution in [3.05, 3.63) is 75.1 Å². The average Bonchev–Trinajstić information content (AvgIpc) is 2.67. The second-order valence-corrected chi connectivity index (χ2v) is 9.03. The molecule has 0 aliphatic carbocycles. The van der Waals surface area contributed by atoms with E-state index in [4.69, 9.17) is 11.6 Å². The van der Waals surface area contributed by atoms with Gasteiger partial charge in [-0.15, -0.1) is 6.58 Å². The summed E-state index contributed by atoms with van der Waals surface area (Å²) in [5, 5.41) is 3.99. The zero-order chi connectivity index (χ0) is 22.0. The van der Waals surface area contributed by atoms with Gasteiger partial charge in [-0.25, -0.2) is 4.98 Å². The van der Waals surface area contributed by atoms with Crippen LogP contribution in [-0.2, 0) is 11.3 Å². The Morgan fingerprint density at radius 2 is 1.93 bits per heavy atom. The van der Waals surface area contributed by atoms with E-state index in [0.717, 1.165) is 22.4 Å². The first-order valence-electron chi connectivity index (χ1n) is 9.57. The summed E-state index contributed by atoms with van der Waals surface area (Å²) in [4.78, 5) is 30.4. The van der Waals surface area contributed by atoms with Crippen LogP contribution in [0.15, 0.2) is 52.9 Å². The van der Waals surface area contributed by atoms with Crippen molar-refractivity contribution in [1.29, 1.82) is 0 Å². The van der Waals surface area contributed by atoms with Gasteiger partial charge in [0.1, 0.15) is 0 Å². The fourth-order valence-corrected chi connectivity index (χ4v) is 4.45. The van der Waals surface area contributed by atoms with Crippen molar-refractivity contribution in [2.75, 3.05) is 5.32 Å². The monoisotopic (exact) mass is 441 g/mol. The van der Waals surface area contributed by atoms with E-state index in [-0.39, 0.29) is 11.5 Å². The molecular formula is C23H24ClN3O2S. The van der Waals surface area contributed by atoms with Crippen LogP contribution in [0.5, 0.6) is 0 Å². The summed E-state index contributed by atoms with van der Waals surface area (Å²) in [7, 11) is 0. The first-order valence-corrected chi connectivity index (χ1v) is 10.8. The lowest BCUT2D eigenvalue weighted by Gasteiger charge is -2.17. The van der Waals surface area contributed by atoms with E-state index in [2.05, 4.69) is 16.9 Å². The minimum Gasteiger partial charge on any atom is -0.325 e. The number of amides is 1. The molecule has 0 spiro atoms. The molecule has 7 heteroatoms. The maximum absolute atomic E-state index is 12.9. The highest BCUT2D eigenvalue weighted by molar-refractivity contribution is 8.00. The van der Waals surface area contributed by atoms with Crippen molar-refractivity contribution >= 4 is 45.9 Å². The molecule has 0 fully saturated rings. The second kappa shape index (κ2) is 9.06. The van der Waals surface area contributed by atoms with Crippen LogP contribution in [0.1, 0.15) is 23.6 Å². The average molecular weight is 442 g/mol. The topological polar surface area (TPSA) is 64.0 Å². The molecule has 0 bridgehead atoms. The standard InChI is InChI=1S/C23H24ClN3O2S/c1-6-9-27-22(29)18-8-7-17(24)12-19(18)25-23(27)30-16(5)21(28)26-20-14(3)10-13(2)11-15(20)4/h6-8,10-12,16H,1,9H2,2-5H3,(H,26,28). The Morgan fingerprint density at radius 1 is 1.27 bits per heavy atom. The second-order valence-electron chi connectivity index (χ2n) is 7.28. The molecule has 1 atom stereocenters. The largest absolute Gasteiger partial charge is 0.325 e. The number of nitrogens with zero attached hydrogens (tertiary/aromatic N) is 2. The van der Waals surface area contributed by atoms with Crippen LogP contribution in [-0.4, -0.2) is 20.7 Å². The van der Waals surface area contributed by atoms with Crippen molar-refractivity contribution in [3.8, 4) is 0 Å². The highest BCUT2D eigenvalue weighted by Gasteiger charge is 2.20. The summed E-state index contributed by atoms with van der Waals surface area (Å²) in [5.74, 6) is -0.152. The molecule has 0 radical (unpaired) electrons. The Bertz CT molecular complexity index is 1180.